The smallest absolute Gasteiger partial charge is 0.335 e. The molecule has 1 aromatic carbocycles. The van der Waals surface area contributed by atoms with Crippen molar-refractivity contribution in [1.82, 2.24) is 4.98 Å². The zero-order chi connectivity index (χ0) is 15.6. The average Bonchev–Trinajstić information content (AvgIpc) is 2.40. The molecule has 0 radical (unpaired) electrons. The second-order valence-corrected chi connectivity index (χ2v) is 4.34. The van der Waals surface area contributed by atoms with Gasteiger partial charge in [0, 0.05) is 6.20 Å². The summed E-state index contributed by atoms with van der Waals surface area (Å²) in [6.45, 7) is 1.68. The summed E-state index contributed by atoms with van der Waals surface area (Å²) in [6, 6.07) is 4.99. The van der Waals surface area contributed by atoms with E-state index < -0.39 is 17.7 Å². The lowest BCUT2D eigenvalue weighted by Crippen LogP contribution is -2.16. The fourth-order valence-electron chi connectivity index (χ4n) is 1.84. The molecule has 21 heavy (non-hydrogen) atoms. The molecule has 0 spiro atoms. The number of aryl methyl sites for hydroxylation is 1. The summed E-state index contributed by atoms with van der Waals surface area (Å²) >= 11 is 0. The third-order valence-electron chi connectivity index (χ3n) is 2.87. The van der Waals surface area contributed by atoms with E-state index in [1.54, 1.807) is 13.0 Å². The normalized spacial score (nSPS) is 10.2. The molecule has 0 aliphatic heterocycles. The van der Waals surface area contributed by atoms with Crippen LogP contribution in [0.5, 0.6) is 0 Å². The molecule has 0 bridgehead atoms. The lowest BCUT2D eigenvalue weighted by molar-refractivity contribution is 0.0696. The third kappa shape index (κ3) is 2.97. The summed E-state index contributed by atoms with van der Waals surface area (Å²) in [5.74, 6) is -2.57. The minimum Gasteiger partial charge on any atom is -0.478 e. The fraction of sp³-hybridized carbons (Fsp3) is 0.0714. The molecule has 2 rings (SSSR count). The van der Waals surface area contributed by atoms with Gasteiger partial charge in [-0.15, -0.1) is 0 Å². The van der Waals surface area contributed by atoms with Crippen molar-refractivity contribution in [2.45, 2.75) is 6.92 Å². The minimum atomic E-state index is -1.23. The molecule has 0 fully saturated rings. The Morgan fingerprint density at radius 3 is 2.62 bits per heavy atom. The van der Waals surface area contributed by atoms with Crippen molar-refractivity contribution in [3.63, 3.8) is 0 Å². The number of nitrogens with zero attached hydrogens (tertiary/aromatic N) is 1. The molecule has 1 aromatic heterocycles. The van der Waals surface area contributed by atoms with Crippen LogP contribution in [0.3, 0.4) is 0 Å². The van der Waals surface area contributed by atoms with Crippen molar-refractivity contribution in [1.29, 1.82) is 0 Å². The first-order valence-electron chi connectivity index (χ1n) is 5.95. The molecule has 0 aliphatic carbocycles. The Hall–Kier alpha value is -2.96. The number of aromatic carboxylic acids is 1. The van der Waals surface area contributed by atoms with Gasteiger partial charge in [0.05, 0.1) is 16.8 Å². The summed E-state index contributed by atoms with van der Waals surface area (Å²) in [7, 11) is 0. The van der Waals surface area contributed by atoms with E-state index in [0.29, 0.717) is 5.56 Å². The maximum Gasteiger partial charge on any atom is 0.335 e. The lowest BCUT2D eigenvalue weighted by Gasteiger charge is -2.11. The number of halogens is 1. The molecular weight excluding hydrogens is 277 g/mol. The monoisotopic (exact) mass is 289 g/mol. The van der Waals surface area contributed by atoms with E-state index in [9.17, 15) is 14.0 Å². The van der Waals surface area contributed by atoms with Crippen LogP contribution in [-0.4, -0.2) is 22.0 Å². The van der Waals surface area contributed by atoms with Crippen LogP contribution in [0.15, 0.2) is 30.5 Å². The first-order valence-corrected chi connectivity index (χ1v) is 5.95. The number of carboxylic acid groups (broad SMARTS) is 1. The van der Waals surface area contributed by atoms with Crippen LogP contribution in [-0.2, 0) is 0 Å². The Labute approximate surface area is 119 Å². The molecule has 2 aromatic rings. The van der Waals surface area contributed by atoms with E-state index >= 15 is 0 Å². The standard InChI is InChI=1S/C14H12FN3O3/c1-7-4-5-17-13(11(7)12(16)19)18-10-3-2-8(14(20)21)6-9(10)15/h2-6H,1H3,(H2,16,19)(H,17,18)(H,20,21). The first-order chi connectivity index (χ1) is 9.90. The summed E-state index contributed by atoms with van der Waals surface area (Å²) < 4.78 is 13.9. The molecular formula is C14H12FN3O3. The number of nitrogens with one attached hydrogen (secondary N) is 1. The molecule has 1 heterocycles. The first kappa shape index (κ1) is 14.4. The number of carbonyl (C=O) groups is 2. The highest BCUT2D eigenvalue weighted by Gasteiger charge is 2.15. The minimum absolute atomic E-state index is 0.000556. The Morgan fingerprint density at radius 2 is 2.05 bits per heavy atom. The predicted octanol–water partition coefficient (Wildman–Crippen LogP) is 2.07. The van der Waals surface area contributed by atoms with Crippen LogP contribution >= 0.6 is 0 Å². The number of carboxylic acids is 1. The number of aromatic nitrogens is 1. The number of pyridine rings is 1. The van der Waals surface area contributed by atoms with Crippen molar-refractivity contribution >= 4 is 23.4 Å². The largest absolute Gasteiger partial charge is 0.478 e. The molecule has 0 atom stereocenters. The van der Waals surface area contributed by atoms with Gasteiger partial charge in [0.15, 0.2) is 0 Å². The van der Waals surface area contributed by atoms with E-state index in [4.69, 9.17) is 10.8 Å². The van der Waals surface area contributed by atoms with Crippen LogP contribution in [0.1, 0.15) is 26.3 Å². The van der Waals surface area contributed by atoms with E-state index in [0.717, 1.165) is 6.07 Å². The van der Waals surface area contributed by atoms with Crippen LogP contribution in [0.4, 0.5) is 15.9 Å². The van der Waals surface area contributed by atoms with Gasteiger partial charge in [0.25, 0.3) is 5.91 Å². The van der Waals surface area contributed by atoms with Gasteiger partial charge < -0.3 is 16.2 Å². The molecule has 4 N–H and O–H groups in total. The van der Waals surface area contributed by atoms with Crippen LogP contribution < -0.4 is 11.1 Å². The lowest BCUT2D eigenvalue weighted by atomic mass is 10.1. The van der Waals surface area contributed by atoms with E-state index in [2.05, 4.69) is 10.3 Å². The molecule has 0 saturated heterocycles. The summed E-state index contributed by atoms with van der Waals surface area (Å²) in [5.41, 5.74) is 5.86. The topological polar surface area (TPSA) is 105 Å². The second-order valence-electron chi connectivity index (χ2n) is 4.34. The zero-order valence-corrected chi connectivity index (χ0v) is 11.1. The number of anilines is 2. The van der Waals surface area contributed by atoms with Crippen LogP contribution in [0, 0.1) is 12.7 Å². The van der Waals surface area contributed by atoms with Crippen molar-refractivity contribution in [2.75, 3.05) is 5.32 Å². The number of nitrogens with two attached hydrogens (primary N) is 1. The number of amides is 1. The van der Waals surface area contributed by atoms with E-state index in [1.807, 2.05) is 0 Å². The van der Waals surface area contributed by atoms with Gasteiger partial charge in [-0.25, -0.2) is 14.2 Å². The van der Waals surface area contributed by atoms with Gasteiger partial charge in [0.1, 0.15) is 11.6 Å². The Morgan fingerprint density at radius 1 is 1.33 bits per heavy atom. The van der Waals surface area contributed by atoms with Crippen molar-refractivity contribution in [3.05, 3.63) is 53.0 Å². The predicted molar refractivity (Wildman–Crippen MR) is 74.1 cm³/mol. The van der Waals surface area contributed by atoms with Gasteiger partial charge >= 0.3 is 5.97 Å². The van der Waals surface area contributed by atoms with E-state index in [1.165, 1.54) is 18.3 Å². The summed E-state index contributed by atoms with van der Waals surface area (Å²) in [6.07, 6.45) is 1.45. The Bertz CT molecular complexity index is 731. The Kier molecular flexibility index (Phi) is 3.84. The van der Waals surface area contributed by atoms with Crippen molar-refractivity contribution in [2.24, 2.45) is 5.73 Å². The van der Waals surface area contributed by atoms with Gasteiger partial charge in [-0.3, -0.25) is 4.79 Å². The number of benzene rings is 1. The van der Waals surface area contributed by atoms with Gasteiger partial charge in [-0.2, -0.15) is 0 Å². The molecule has 6 nitrogen and oxygen atoms in total. The highest BCUT2D eigenvalue weighted by molar-refractivity contribution is 5.99. The molecule has 1 amide bonds. The highest BCUT2D eigenvalue weighted by atomic mass is 19.1. The molecule has 0 aliphatic rings. The van der Waals surface area contributed by atoms with Gasteiger partial charge in [0.2, 0.25) is 0 Å². The summed E-state index contributed by atoms with van der Waals surface area (Å²) in [4.78, 5) is 26.1. The van der Waals surface area contributed by atoms with E-state index in [-0.39, 0.29) is 22.6 Å². The third-order valence-corrected chi connectivity index (χ3v) is 2.87. The number of rotatable bonds is 4. The maximum atomic E-state index is 13.9. The molecule has 7 heteroatoms. The van der Waals surface area contributed by atoms with Gasteiger partial charge in [-0.1, -0.05) is 0 Å². The maximum absolute atomic E-state index is 13.9. The molecule has 108 valence electrons. The number of carbonyl (C=O) groups excluding carboxylic acids is 1. The average molecular weight is 289 g/mol. The zero-order valence-electron chi connectivity index (χ0n) is 11.1. The number of hydrogen-bond acceptors (Lipinski definition) is 4. The number of hydrogen-bond donors (Lipinski definition) is 3. The van der Waals surface area contributed by atoms with Crippen molar-refractivity contribution < 1.29 is 19.1 Å². The van der Waals surface area contributed by atoms with Gasteiger partial charge in [-0.05, 0) is 36.8 Å². The van der Waals surface area contributed by atoms with Crippen LogP contribution in [0.25, 0.3) is 0 Å². The fourth-order valence-corrected chi connectivity index (χ4v) is 1.84. The SMILES string of the molecule is Cc1ccnc(Nc2ccc(C(=O)O)cc2F)c1C(N)=O. The molecule has 0 unspecified atom stereocenters. The Balaban J connectivity index is 2.42. The highest BCUT2D eigenvalue weighted by Crippen LogP contribution is 2.23. The van der Waals surface area contributed by atoms with Crippen molar-refractivity contribution in [3.8, 4) is 0 Å². The quantitative estimate of drug-likeness (QED) is 0.799. The second kappa shape index (κ2) is 5.58. The number of primary amides is 1. The van der Waals surface area contributed by atoms with Crippen LogP contribution in [0.2, 0.25) is 0 Å². The molecule has 0 saturated carbocycles. The summed E-state index contributed by atoms with van der Waals surface area (Å²) in [5, 5.41) is 11.4.